The number of ether oxygens (including phenoxy) is 1. The van der Waals surface area contributed by atoms with Crippen LogP contribution < -0.4 is 0 Å². The van der Waals surface area contributed by atoms with Crippen LogP contribution in [0.25, 0.3) is 0 Å². The Morgan fingerprint density at radius 2 is 2.50 bits per heavy atom. The van der Waals surface area contributed by atoms with Crippen molar-refractivity contribution in [3.05, 3.63) is 0 Å². The Hall–Kier alpha value is 0.200. The van der Waals surface area contributed by atoms with E-state index in [0.29, 0.717) is 0 Å². The van der Waals surface area contributed by atoms with Gasteiger partial charge in [0.15, 0.2) is 0 Å². The minimum atomic E-state index is -0.0555. The number of carbonyl (C=O) groups excluding carboxylic acids is 1. The van der Waals surface area contributed by atoms with Crippen molar-refractivity contribution in [1.82, 2.24) is 0 Å². The molecular weight excluding hydrogens is 195 g/mol. The first-order valence-electron chi connectivity index (χ1n) is 1.44. The van der Waals surface area contributed by atoms with Crippen LogP contribution in [-0.2, 0) is 9.53 Å². The van der Waals surface area contributed by atoms with Crippen LogP contribution in [0.15, 0.2) is 0 Å². The van der Waals surface area contributed by atoms with Crippen LogP contribution in [0, 0.1) is 0 Å². The van der Waals surface area contributed by atoms with Gasteiger partial charge in [-0.05, 0) is 29.5 Å². The molecule has 1 unspecified atom stereocenters. The van der Waals surface area contributed by atoms with Gasteiger partial charge in [-0.3, -0.25) is 0 Å². The number of hydrogen-bond donors (Lipinski definition) is 0. The lowest BCUT2D eigenvalue weighted by atomic mass is 10.9. The molecule has 0 amide bonds. The van der Waals surface area contributed by atoms with E-state index in [-0.39, 0.29) is 4.11 Å². The average Bonchev–Trinajstić information content (AvgIpc) is 1.35. The third kappa shape index (κ3) is 4.20. The summed E-state index contributed by atoms with van der Waals surface area (Å²) in [4.78, 5) is 9.26. The normalized spacial score (nSPS) is 13.0. The summed E-state index contributed by atoms with van der Waals surface area (Å²) >= 11 is 1.96. The first kappa shape index (κ1) is 6.20. The van der Waals surface area contributed by atoms with Crippen molar-refractivity contribution in [2.24, 2.45) is 0 Å². The highest BCUT2D eigenvalue weighted by Crippen LogP contribution is 1.95. The molecule has 0 fully saturated rings. The van der Waals surface area contributed by atoms with Gasteiger partial charge in [0, 0.05) is 0 Å². The Balaban J connectivity index is 2.81. The van der Waals surface area contributed by atoms with Crippen LogP contribution in [0.5, 0.6) is 0 Å². The molecule has 0 N–H and O–H groups in total. The highest BCUT2D eigenvalue weighted by molar-refractivity contribution is 14.1. The highest BCUT2D eigenvalue weighted by atomic mass is 127. The van der Waals surface area contributed by atoms with Crippen molar-refractivity contribution < 1.29 is 9.53 Å². The molecule has 0 aromatic heterocycles. The van der Waals surface area contributed by atoms with E-state index in [1.54, 1.807) is 6.92 Å². The zero-order valence-corrected chi connectivity index (χ0v) is 5.43. The van der Waals surface area contributed by atoms with Crippen molar-refractivity contribution in [2.45, 2.75) is 11.0 Å². The van der Waals surface area contributed by atoms with E-state index in [1.807, 2.05) is 22.6 Å². The van der Waals surface area contributed by atoms with Gasteiger partial charge in [-0.2, -0.15) is 0 Å². The van der Waals surface area contributed by atoms with E-state index < -0.39 is 0 Å². The molecule has 0 aliphatic carbocycles. The summed E-state index contributed by atoms with van der Waals surface area (Å²) in [7, 11) is 0. The lowest BCUT2D eigenvalue weighted by molar-refractivity contribution is 0.281. The summed E-state index contributed by atoms with van der Waals surface area (Å²) in [6, 6.07) is 0. The summed E-state index contributed by atoms with van der Waals surface area (Å²) in [6.45, 7) is 3.07. The van der Waals surface area contributed by atoms with Gasteiger partial charge in [-0.1, -0.05) is 0 Å². The lowest BCUT2D eigenvalue weighted by Crippen LogP contribution is -1.93. The van der Waals surface area contributed by atoms with Gasteiger partial charge >= 0.3 is 6.47 Å². The Bertz CT molecular complexity index is 44.1. The van der Waals surface area contributed by atoms with Gasteiger partial charge in [-0.15, -0.1) is 0 Å². The van der Waals surface area contributed by atoms with Gasteiger partial charge in [0.25, 0.3) is 0 Å². The van der Waals surface area contributed by atoms with Gasteiger partial charge < -0.3 is 4.74 Å². The molecule has 1 atom stereocenters. The van der Waals surface area contributed by atoms with Crippen LogP contribution in [0.2, 0.25) is 0 Å². The average molecular weight is 199 g/mol. The van der Waals surface area contributed by atoms with Gasteiger partial charge in [0.2, 0.25) is 0 Å². The van der Waals surface area contributed by atoms with E-state index in [1.165, 1.54) is 6.47 Å². The molecular formula is C3H4IO2. The monoisotopic (exact) mass is 199 g/mol. The highest BCUT2D eigenvalue weighted by Gasteiger charge is 1.87. The van der Waals surface area contributed by atoms with Crippen molar-refractivity contribution in [1.29, 1.82) is 0 Å². The third-order valence-electron chi connectivity index (χ3n) is 0.211. The summed E-state index contributed by atoms with van der Waals surface area (Å²) < 4.78 is 4.17. The number of halogens is 1. The molecule has 0 saturated heterocycles. The quantitative estimate of drug-likeness (QED) is 0.486. The first-order chi connectivity index (χ1) is 2.77. The molecule has 0 spiro atoms. The summed E-state index contributed by atoms with van der Waals surface area (Å²) in [6.07, 6.45) is 0. The first-order valence-corrected chi connectivity index (χ1v) is 2.69. The largest absolute Gasteiger partial charge is 0.444 e. The lowest BCUT2D eigenvalue weighted by Gasteiger charge is -1.92. The van der Waals surface area contributed by atoms with Crippen molar-refractivity contribution >= 4 is 29.1 Å². The fraction of sp³-hybridized carbons (Fsp3) is 0.667. The molecule has 1 radical (unpaired) electrons. The Morgan fingerprint density at radius 3 is 2.50 bits per heavy atom. The van der Waals surface area contributed by atoms with E-state index >= 15 is 0 Å². The molecule has 3 heteroatoms. The number of hydrogen-bond acceptors (Lipinski definition) is 2. The number of alkyl halides is 1. The van der Waals surface area contributed by atoms with Crippen LogP contribution in [-0.4, -0.2) is 10.6 Å². The molecule has 0 rings (SSSR count). The second-order valence-corrected chi connectivity index (χ2v) is 2.50. The van der Waals surface area contributed by atoms with E-state index in [2.05, 4.69) is 4.74 Å². The van der Waals surface area contributed by atoms with Crippen molar-refractivity contribution in [3.8, 4) is 0 Å². The van der Waals surface area contributed by atoms with Gasteiger partial charge in [0.05, 0.1) is 0 Å². The van der Waals surface area contributed by atoms with E-state index in [0.717, 1.165) is 0 Å². The maximum absolute atomic E-state index is 9.26. The Morgan fingerprint density at radius 1 is 2.00 bits per heavy atom. The summed E-state index contributed by atoms with van der Waals surface area (Å²) in [5.74, 6) is 0. The molecule has 35 valence electrons. The third-order valence-corrected chi connectivity index (χ3v) is 0.465. The fourth-order valence-corrected chi connectivity index (χ4v) is 0.170. The van der Waals surface area contributed by atoms with Gasteiger partial charge in [0.1, 0.15) is 4.11 Å². The predicted molar refractivity (Wildman–Crippen MR) is 30.3 cm³/mol. The Labute approximate surface area is 50.0 Å². The van der Waals surface area contributed by atoms with Gasteiger partial charge in [-0.25, -0.2) is 4.79 Å². The summed E-state index contributed by atoms with van der Waals surface area (Å²) in [5.41, 5.74) is 0. The SMILES string of the molecule is CC(I)O[C]=O. The molecule has 0 heterocycles. The molecule has 0 aromatic carbocycles. The van der Waals surface area contributed by atoms with Crippen LogP contribution in [0.1, 0.15) is 6.92 Å². The fourth-order valence-electron chi connectivity index (χ4n) is 0.0663. The van der Waals surface area contributed by atoms with Crippen LogP contribution in [0.4, 0.5) is 0 Å². The molecule has 6 heavy (non-hydrogen) atoms. The minimum absolute atomic E-state index is 0.0555. The van der Waals surface area contributed by atoms with E-state index in [4.69, 9.17) is 0 Å². The maximum Gasteiger partial charge on any atom is 0.418 e. The second kappa shape index (κ2) is 3.39. The molecule has 0 aromatic rings. The predicted octanol–water partition coefficient (Wildman–Crippen LogP) is 0.851. The Kier molecular flexibility index (Phi) is 3.51. The van der Waals surface area contributed by atoms with Crippen LogP contribution >= 0.6 is 22.6 Å². The molecule has 0 bridgehead atoms. The van der Waals surface area contributed by atoms with Crippen molar-refractivity contribution in [3.63, 3.8) is 0 Å². The van der Waals surface area contributed by atoms with Crippen molar-refractivity contribution in [2.75, 3.05) is 0 Å². The topological polar surface area (TPSA) is 26.3 Å². The maximum atomic E-state index is 9.26. The standard InChI is InChI=1S/C3H4IO2/c1-3(4)6-2-5/h3H,1H3. The smallest absolute Gasteiger partial charge is 0.418 e. The molecule has 0 aliphatic rings. The number of rotatable bonds is 2. The molecule has 0 saturated carbocycles. The summed E-state index contributed by atoms with van der Waals surface area (Å²) in [5, 5.41) is 0. The van der Waals surface area contributed by atoms with E-state index in [9.17, 15) is 4.79 Å². The van der Waals surface area contributed by atoms with Crippen LogP contribution in [0.3, 0.4) is 0 Å². The zero-order chi connectivity index (χ0) is 4.99. The molecule has 2 nitrogen and oxygen atoms in total. The molecule has 0 aliphatic heterocycles. The minimum Gasteiger partial charge on any atom is -0.444 e. The second-order valence-electron chi connectivity index (χ2n) is 0.744. The zero-order valence-electron chi connectivity index (χ0n) is 3.27.